The molecule has 9 heteroatoms. The zero-order valence-electron chi connectivity index (χ0n) is 18.2. The summed E-state index contributed by atoms with van der Waals surface area (Å²) < 4.78 is 29.3. The number of alkyl halides is 1. The second-order valence-corrected chi connectivity index (χ2v) is 8.50. The highest BCUT2D eigenvalue weighted by atomic mass is 19.1. The van der Waals surface area contributed by atoms with Gasteiger partial charge < -0.3 is 10.4 Å². The van der Waals surface area contributed by atoms with Gasteiger partial charge in [0.2, 0.25) is 11.9 Å². The minimum atomic E-state index is -1.11. The van der Waals surface area contributed by atoms with E-state index in [9.17, 15) is 18.7 Å². The molecule has 0 bridgehead atoms. The van der Waals surface area contributed by atoms with Crippen LogP contribution in [0.15, 0.2) is 36.8 Å². The van der Waals surface area contributed by atoms with Crippen molar-refractivity contribution in [3.05, 3.63) is 54.0 Å². The quantitative estimate of drug-likeness (QED) is 0.450. The number of aryl methyl sites for hydroxylation is 1. The van der Waals surface area contributed by atoms with Gasteiger partial charge in [-0.1, -0.05) is 13.3 Å². The molecule has 1 aliphatic carbocycles. The van der Waals surface area contributed by atoms with Crippen molar-refractivity contribution >= 4 is 28.3 Å². The number of carbonyl (C=O) groups excluding carboxylic acids is 1. The van der Waals surface area contributed by atoms with E-state index < -0.39 is 30.0 Å². The van der Waals surface area contributed by atoms with Crippen molar-refractivity contribution in [1.29, 1.82) is 0 Å². The van der Waals surface area contributed by atoms with Crippen molar-refractivity contribution < 1.29 is 18.7 Å². The van der Waals surface area contributed by atoms with Crippen LogP contribution >= 0.6 is 0 Å². The third-order valence-corrected chi connectivity index (χ3v) is 6.04. The number of anilines is 1. The summed E-state index contributed by atoms with van der Waals surface area (Å²) in [6.45, 7) is 3.91. The molecule has 0 aliphatic heterocycles. The number of fused-ring (bicyclic) bond motifs is 3. The number of nitrogens with zero attached hydrogens (tertiary/aromatic N) is 4. The van der Waals surface area contributed by atoms with E-state index in [4.69, 9.17) is 0 Å². The van der Waals surface area contributed by atoms with Crippen LogP contribution < -0.4 is 5.32 Å². The molecular weight excluding hydrogens is 428 g/mol. The standard InChI is InChI=1S/C24H23F2N5O2/c1-3-4-20(32)18-5-12(2)16(10-27-18)14-6-13-9-28-22(30-24(33)15-7-17(15)25)8-19(13)31-21(26)11-29-23(14)31/h5-6,8-11,15,17,20,32H,3-4,7H2,1-2H3,(H,28,30,33). The second kappa shape index (κ2) is 8.15. The fraction of sp³-hybridized carbons (Fsp3) is 0.333. The Morgan fingerprint density at radius 2 is 2.00 bits per heavy atom. The highest BCUT2D eigenvalue weighted by Crippen LogP contribution is 2.35. The molecular formula is C24H23F2N5O2. The van der Waals surface area contributed by atoms with Gasteiger partial charge in [-0.2, -0.15) is 4.39 Å². The third kappa shape index (κ3) is 3.82. The highest BCUT2D eigenvalue weighted by molar-refractivity contribution is 5.97. The number of rotatable bonds is 6. The van der Waals surface area contributed by atoms with E-state index in [0.29, 0.717) is 34.2 Å². The van der Waals surface area contributed by atoms with Crippen molar-refractivity contribution in [3.8, 4) is 11.1 Å². The molecule has 4 aromatic rings. The summed E-state index contributed by atoms with van der Waals surface area (Å²) in [7, 11) is 0. The summed E-state index contributed by atoms with van der Waals surface area (Å²) in [4.78, 5) is 25.0. The van der Waals surface area contributed by atoms with E-state index in [1.165, 1.54) is 10.6 Å². The zero-order chi connectivity index (χ0) is 23.3. The van der Waals surface area contributed by atoms with Crippen LogP contribution in [-0.4, -0.2) is 36.5 Å². The molecule has 1 amide bonds. The van der Waals surface area contributed by atoms with Crippen molar-refractivity contribution in [2.45, 2.75) is 45.4 Å². The molecule has 1 fully saturated rings. The Morgan fingerprint density at radius 3 is 2.70 bits per heavy atom. The molecule has 0 spiro atoms. The first-order valence-corrected chi connectivity index (χ1v) is 10.9. The number of aliphatic hydroxyl groups is 1. The van der Waals surface area contributed by atoms with Crippen LogP contribution in [-0.2, 0) is 4.79 Å². The average Bonchev–Trinajstić information content (AvgIpc) is 3.41. The Morgan fingerprint density at radius 1 is 1.21 bits per heavy atom. The van der Waals surface area contributed by atoms with E-state index >= 15 is 0 Å². The van der Waals surface area contributed by atoms with Crippen LogP contribution in [0.1, 0.15) is 43.5 Å². The van der Waals surface area contributed by atoms with Crippen LogP contribution in [0.4, 0.5) is 14.6 Å². The van der Waals surface area contributed by atoms with Gasteiger partial charge in [0.05, 0.1) is 29.4 Å². The lowest BCUT2D eigenvalue weighted by molar-refractivity contribution is -0.117. The molecule has 5 rings (SSSR count). The summed E-state index contributed by atoms with van der Waals surface area (Å²) in [6.07, 6.45) is 4.27. The number of halogens is 2. The monoisotopic (exact) mass is 451 g/mol. The van der Waals surface area contributed by atoms with Gasteiger partial charge in [-0.3, -0.25) is 14.2 Å². The molecule has 4 heterocycles. The van der Waals surface area contributed by atoms with Gasteiger partial charge in [0.25, 0.3) is 0 Å². The Labute approximate surface area is 188 Å². The van der Waals surface area contributed by atoms with Gasteiger partial charge >= 0.3 is 0 Å². The van der Waals surface area contributed by atoms with Gasteiger partial charge in [0.1, 0.15) is 17.6 Å². The molecule has 3 atom stereocenters. The fourth-order valence-corrected chi connectivity index (χ4v) is 4.11. The molecule has 7 nitrogen and oxygen atoms in total. The van der Waals surface area contributed by atoms with Crippen LogP contribution in [0.3, 0.4) is 0 Å². The van der Waals surface area contributed by atoms with E-state index in [1.807, 2.05) is 26.0 Å². The molecule has 0 radical (unpaired) electrons. The van der Waals surface area contributed by atoms with Crippen molar-refractivity contribution in [2.24, 2.45) is 5.92 Å². The minimum Gasteiger partial charge on any atom is -0.387 e. The van der Waals surface area contributed by atoms with E-state index in [1.54, 1.807) is 12.3 Å². The first kappa shape index (κ1) is 21.4. The maximum Gasteiger partial charge on any atom is 0.231 e. The Bertz CT molecular complexity index is 1390. The van der Waals surface area contributed by atoms with Crippen LogP contribution in [0.5, 0.6) is 0 Å². The average molecular weight is 451 g/mol. The van der Waals surface area contributed by atoms with Crippen LogP contribution in [0, 0.1) is 18.8 Å². The van der Waals surface area contributed by atoms with Gasteiger partial charge in [-0.25, -0.2) is 14.4 Å². The van der Waals surface area contributed by atoms with Gasteiger partial charge in [-0.15, -0.1) is 0 Å². The predicted molar refractivity (Wildman–Crippen MR) is 120 cm³/mol. The van der Waals surface area contributed by atoms with Crippen molar-refractivity contribution in [2.75, 3.05) is 5.32 Å². The fourth-order valence-electron chi connectivity index (χ4n) is 4.11. The molecule has 2 N–H and O–H groups in total. The topological polar surface area (TPSA) is 92.4 Å². The number of hydrogen-bond donors (Lipinski definition) is 2. The van der Waals surface area contributed by atoms with Crippen LogP contribution in [0.2, 0.25) is 0 Å². The molecule has 4 aromatic heterocycles. The number of hydrogen-bond acceptors (Lipinski definition) is 5. The Hall–Kier alpha value is -3.46. The number of aromatic nitrogens is 4. The number of nitrogens with one attached hydrogen (secondary N) is 1. The number of amides is 1. The Balaban J connectivity index is 1.59. The lowest BCUT2D eigenvalue weighted by Crippen LogP contribution is -2.16. The smallest absolute Gasteiger partial charge is 0.231 e. The first-order chi connectivity index (χ1) is 15.9. The summed E-state index contributed by atoms with van der Waals surface area (Å²) in [6, 6.07) is 5.24. The molecule has 1 saturated carbocycles. The Kier molecular flexibility index (Phi) is 5.28. The predicted octanol–water partition coefficient (Wildman–Crippen LogP) is 4.52. The maximum absolute atomic E-state index is 14.8. The van der Waals surface area contributed by atoms with Gasteiger partial charge in [0.15, 0.2) is 0 Å². The van der Waals surface area contributed by atoms with Crippen molar-refractivity contribution in [1.82, 2.24) is 19.4 Å². The minimum absolute atomic E-state index is 0.213. The van der Waals surface area contributed by atoms with Gasteiger partial charge in [0, 0.05) is 35.0 Å². The summed E-state index contributed by atoms with van der Waals surface area (Å²) in [5.74, 6) is -1.42. The highest BCUT2D eigenvalue weighted by Gasteiger charge is 2.43. The molecule has 3 unspecified atom stereocenters. The summed E-state index contributed by atoms with van der Waals surface area (Å²) >= 11 is 0. The molecule has 33 heavy (non-hydrogen) atoms. The van der Waals surface area contributed by atoms with E-state index in [2.05, 4.69) is 20.3 Å². The number of carbonyl (C=O) groups is 1. The summed E-state index contributed by atoms with van der Waals surface area (Å²) in [5.41, 5.74) is 3.77. The third-order valence-electron chi connectivity index (χ3n) is 6.04. The normalized spacial score (nSPS) is 18.6. The van der Waals surface area contributed by atoms with E-state index in [0.717, 1.165) is 23.7 Å². The zero-order valence-corrected chi connectivity index (χ0v) is 18.2. The number of pyridine rings is 3. The molecule has 0 saturated heterocycles. The number of aliphatic hydroxyl groups excluding tert-OH is 1. The van der Waals surface area contributed by atoms with Crippen LogP contribution in [0.25, 0.3) is 27.7 Å². The summed E-state index contributed by atoms with van der Waals surface area (Å²) in [5, 5.41) is 13.5. The first-order valence-electron chi connectivity index (χ1n) is 10.9. The largest absolute Gasteiger partial charge is 0.387 e. The number of imidazole rings is 1. The second-order valence-electron chi connectivity index (χ2n) is 8.50. The molecule has 170 valence electrons. The van der Waals surface area contributed by atoms with Crippen molar-refractivity contribution in [3.63, 3.8) is 0 Å². The van der Waals surface area contributed by atoms with Gasteiger partial charge in [-0.05, 0) is 37.5 Å². The molecule has 1 aliphatic rings. The van der Waals surface area contributed by atoms with E-state index in [-0.39, 0.29) is 12.2 Å². The lowest BCUT2D eigenvalue weighted by Gasteiger charge is -2.14. The molecule has 0 aromatic carbocycles. The lowest BCUT2D eigenvalue weighted by atomic mass is 10.00. The maximum atomic E-state index is 14.8. The SMILES string of the molecule is CCCC(O)c1cc(C)c(-c2cc3cnc(NC(=O)C4CC4F)cc3n3c(F)cnc23)cn1.